The van der Waals surface area contributed by atoms with Crippen molar-refractivity contribution in [3.8, 4) is 0 Å². The molecule has 1 aliphatic carbocycles. The predicted molar refractivity (Wildman–Crippen MR) is 85.3 cm³/mol. The number of nitrogens with two attached hydrogens (primary N) is 1. The van der Waals surface area contributed by atoms with Gasteiger partial charge >= 0.3 is 6.09 Å². The monoisotopic (exact) mass is 296 g/mol. The zero-order valence-electron chi connectivity index (χ0n) is 12.4. The van der Waals surface area contributed by atoms with E-state index in [0.29, 0.717) is 6.54 Å². The molecule has 1 amide bonds. The Hall–Kier alpha value is -2.33. The van der Waals surface area contributed by atoms with Crippen LogP contribution in [-0.4, -0.2) is 12.6 Å². The van der Waals surface area contributed by atoms with Crippen molar-refractivity contribution in [1.29, 1.82) is 0 Å². The minimum Gasteiger partial charge on any atom is -0.445 e. The predicted octanol–water partition coefficient (Wildman–Crippen LogP) is 2.71. The molecule has 0 fully saturated rings. The summed E-state index contributed by atoms with van der Waals surface area (Å²) in [5.41, 5.74) is 8.78. The maximum Gasteiger partial charge on any atom is 0.408 e. The fourth-order valence-corrected chi connectivity index (χ4v) is 3.04. The molecule has 0 bridgehead atoms. The zero-order valence-corrected chi connectivity index (χ0v) is 12.4. The molecule has 1 aliphatic rings. The summed E-state index contributed by atoms with van der Waals surface area (Å²) >= 11 is 0. The molecule has 0 radical (unpaired) electrons. The maximum absolute atomic E-state index is 12.2. The van der Waals surface area contributed by atoms with E-state index in [-0.39, 0.29) is 6.61 Å². The first kappa shape index (κ1) is 14.6. The Bertz CT molecular complexity index is 657. The van der Waals surface area contributed by atoms with Gasteiger partial charge in [-0.15, -0.1) is 0 Å². The van der Waals surface area contributed by atoms with Crippen molar-refractivity contribution in [3.05, 3.63) is 71.3 Å². The number of hydrogen-bond donors (Lipinski definition) is 2. The third-order valence-corrected chi connectivity index (χ3v) is 4.26. The molecule has 2 aromatic rings. The lowest BCUT2D eigenvalue weighted by atomic mass is 9.92. The zero-order chi connectivity index (χ0) is 15.4. The van der Waals surface area contributed by atoms with E-state index in [0.717, 1.165) is 24.0 Å². The van der Waals surface area contributed by atoms with Crippen molar-refractivity contribution in [1.82, 2.24) is 5.32 Å². The topological polar surface area (TPSA) is 64.3 Å². The number of carbonyl (C=O) groups excluding carboxylic acids is 1. The molecule has 0 aliphatic heterocycles. The smallest absolute Gasteiger partial charge is 0.408 e. The van der Waals surface area contributed by atoms with Gasteiger partial charge in [0.1, 0.15) is 6.61 Å². The van der Waals surface area contributed by atoms with Crippen LogP contribution in [0.1, 0.15) is 23.1 Å². The minimum absolute atomic E-state index is 0.259. The van der Waals surface area contributed by atoms with Gasteiger partial charge in [0.25, 0.3) is 0 Å². The Kier molecular flexibility index (Phi) is 4.11. The molecular formula is C18H20N2O2. The lowest BCUT2D eigenvalue weighted by Gasteiger charge is -2.29. The maximum atomic E-state index is 12.2. The lowest BCUT2D eigenvalue weighted by molar-refractivity contribution is 0.126. The summed E-state index contributed by atoms with van der Waals surface area (Å²) in [6.07, 6.45) is 1.31. The summed E-state index contributed by atoms with van der Waals surface area (Å²) in [5, 5.41) is 2.98. The van der Waals surface area contributed by atoms with Crippen molar-refractivity contribution in [2.75, 3.05) is 6.54 Å². The first-order valence-electron chi connectivity index (χ1n) is 7.51. The largest absolute Gasteiger partial charge is 0.445 e. The first-order chi connectivity index (χ1) is 10.7. The summed E-state index contributed by atoms with van der Waals surface area (Å²) in [7, 11) is 0. The highest BCUT2D eigenvalue weighted by Crippen LogP contribution is 2.36. The second-order valence-corrected chi connectivity index (χ2v) is 5.63. The third kappa shape index (κ3) is 2.83. The van der Waals surface area contributed by atoms with E-state index in [9.17, 15) is 4.79 Å². The number of benzene rings is 2. The first-order valence-corrected chi connectivity index (χ1v) is 7.51. The highest BCUT2D eigenvalue weighted by molar-refractivity contribution is 5.69. The Morgan fingerprint density at radius 1 is 1.14 bits per heavy atom. The molecular weight excluding hydrogens is 276 g/mol. The van der Waals surface area contributed by atoms with E-state index in [1.807, 2.05) is 48.5 Å². The van der Waals surface area contributed by atoms with Gasteiger partial charge in [-0.25, -0.2) is 4.79 Å². The number of amides is 1. The van der Waals surface area contributed by atoms with Crippen LogP contribution >= 0.6 is 0 Å². The average Bonchev–Trinajstić information content (AvgIpc) is 2.93. The van der Waals surface area contributed by atoms with Crippen molar-refractivity contribution < 1.29 is 9.53 Å². The molecule has 0 spiro atoms. The summed E-state index contributed by atoms with van der Waals surface area (Å²) in [6.45, 7) is 0.624. The van der Waals surface area contributed by atoms with Gasteiger partial charge in [-0.3, -0.25) is 0 Å². The summed E-state index contributed by atoms with van der Waals surface area (Å²) in [6, 6.07) is 17.7. The fourth-order valence-electron chi connectivity index (χ4n) is 3.04. The molecule has 3 N–H and O–H groups in total. The summed E-state index contributed by atoms with van der Waals surface area (Å²) < 4.78 is 5.33. The Morgan fingerprint density at radius 2 is 1.86 bits per heavy atom. The fraction of sp³-hybridized carbons (Fsp3) is 0.278. The standard InChI is InChI=1S/C18H20N2O2/c19-13-18(11-10-15-8-4-5-9-16(15)18)20-17(21)22-12-14-6-2-1-3-7-14/h1-9H,10-13,19H2,(H,20,21). The Morgan fingerprint density at radius 3 is 2.64 bits per heavy atom. The van der Waals surface area contributed by atoms with Crippen LogP contribution in [0.25, 0.3) is 0 Å². The third-order valence-electron chi connectivity index (χ3n) is 4.26. The summed E-state index contributed by atoms with van der Waals surface area (Å²) in [4.78, 5) is 12.2. The van der Waals surface area contributed by atoms with E-state index >= 15 is 0 Å². The number of carbonyl (C=O) groups is 1. The number of hydrogen-bond acceptors (Lipinski definition) is 3. The van der Waals surface area contributed by atoms with Gasteiger partial charge < -0.3 is 15.8 Å². The molecule has 2 aromatic carbocycles. The summed E-state index contributed by atoms with van der Waals surface area (Å²) in [5.74, 6) is 0. The number of aryl methyl sites for hydroxylation is 1. The normalized spacial score (nSPS) is 19.5. The van der Waals surface area contributed by atoms with Gasteiger partial charge in [-0.05, 0) is 29.5 Å². The second kappa shape index (κ2) is 6.20. The van der Waals surface area contributed by atoms with Crippen LogP contribution in [0.4, 0.5) is 4.79 Å². The molecule has 114 valence electrons. The van der Waals surface area contributed by atoms with Crippen LogP contribution in [-0.2, 0) is 23.3 Å². The number of rotatable bonds is 4. The van der Waals surface area contributed by atoms with Gasteiger partial charge in [0.15, 0.2) is 0 Å². The molecule has 4 heteroatoms. The van der Waals surface area contributed by atoms with Crippen molar-refractivity contribution >= 4 is 6.09 Å². The van der Waals surface area contributed by atoms with Crippen molar-refractivity contribution in [3.63, 3.8) is 0 Å². The highest BCUT2D eigenvalue weighted by Gasteiger charge is 2.39. The van der Waals surface area contributed by atoms with Gasteiger partial charge in [0.05, 0.1) is 5.54 Å². The molecule has 0 saturated heterocycles. The minimum atomic E-state index is -0.510. The number of nitrogens with one attached hydrogen (secondary N) is 1. The van der Waals surface area contributed by atoms with Crippen molar-refractivity contribution in [2.45, 2.75) is 25.0 Å². The molecule has 0 heterocycles. The van der Waals surface area contributed by atoms with E-state index in [1.54, 1.807) is 0 Å². The lowest BCUT2D eigenvalue weighted by Crippen LogP contribution is -2.49. The average molecular weight is 296 g/mol. The quantitative estimate of drug-likeness (QED) is 0.911. The molecule has 1 unspecified atom stereocenters. The molecule has 4 nitrogen and oxygen atoms in total. The van der Waals surface area contributed by atoms with Gasteiger partial charge in [-0.2, -0.15) is 0 Å². The Labute approximate surface area is 130 Å². The molecule has 3 rings (SSSR count). The molecule has 1 atom stereocenters. The second-order valence-electron chi connectivity index (χ2n) is 5.63. The van der Waals surface area contributed by atoms with Crippen LogP contribution in [0.3, 0.4) is 0 Å². The van der Waals surface area contributed by atoms with E-state index in [1.165, 1.54) is 5.56 Å². The van der Waals surface area contributed by atoms with Crippen LogP contribution in [0, 0.1) is 0 Å². The van der Waals surface area contributed by atoms with Crippen LogP contribution in [0.15, 0.2) is 54.6 Å². The van der Waals surface area contributed by atoms with Crippen molar-refractivity contribution in [2.24, 2.45) is 5.73 Å². The van der Waals surface area contributed by atoms with Gasteiger partial charge in [0, 0.05) is 6.54 Å². The number of fused-ring (bicyclic) bond motifs is 1. The molecule has 22 heavy (non-hydrogen) atoms. The highest BCUT2D eigenvalue weighted by atomic mass is 16.5. The molecule has 0 saturated carbocycles. The van der Waals surface area contributed by atoms with E-state index in [4.69, 9.17) is 10.5 Å². The van der Waals surface area contributed by atoms with E-state index in [2.05, 4.69) is 11.4 Å². The van der Waals surface area contributed by atoms with Crippen LogP contribution in [0.5, 0.6) is 0 Å². The number of alkyl carbamates (subject to hydrolysis) is 1. The van der Waals surface area contributed by atoms with Crippen LogP contribution in [0.2, 0.25) is 0 Å². The van der Waals surface area contributed by atoms with Gasteiger partial charge in [-0.1, -0.05) is 54.6 Å². The Balaban J connectivity index is 1.67. The van der Waals surface area contributed by atoms with Gasteiger partial charge in [0.2, 0.25) is 0 Å². The van der Waals surface area contributed by atoms with Crippen LogP contribution < -0.4 is 11.1 Å². The SMILES string of the molecule is NCC1(NC(=O)OCc2ccccc2)CCc2ccccc21. The van der Waals surface area contributed by atoms with E-state index < -0.39 is 11.6 Å². The molecule has 0 aromatic heterocycles. The number of ether oxygens (including phenoxy) is 1.